The van der Waals surface area contributed by atoms with E-state index in [2.05, 4.69) is 46.9 Å². The second-order valence-corrected chi connectivity index (χ2v) is 3.18. The Hall–Kier alpha value is 1.69. The first kappa shape index (κ1) is 29.3. The molecular weight excluding hydrogens is 306 g/mol. The van der Waals surface area contributed by atoms with E-state index in [9.17, 15) is 0 Å². The molecule has 0 bridgehead atoms. The number of rotatable bonds is 2. The molecule has 0 fully saturated rings. The fourth-order valence-electron chi connectivity index (χ4n) is 0.667. The summed E-state index contributed by atoms with van der Waals surface area (Å²) in [7, 11) is 0. The monoisotopic (exact) mass is 327 g/mol. The molecule has 0 heterocycles. The van der Waals surface area contributed by atoms with E-state index in [1.54, 1.807) is 0 Å². The minimum absolute atomic E-state index is 0. The van der Waals surface area contributed by atoms with Gasteiger partial charge in [-0.15, -0.1) is 0 Å². The molecule has 0 aliphatic rings. The van der Waals surface area contributed by atoms with Crippen LogP contribution in [0, 0.1) is 0 Å². The van der Waals surface area contributed by atoms with Gasteiger partial charge in [0.1, 0.15) is 0 Å². The zero-order valence-corrected chi connectivity index (χ0v) is 14.4. The topological polar surface area (TPSA) is 12.0 Å². The third-order valence-electron chi connectivity index (χ3n) is 0.667. The average Bonchev–Trinajstić information content (AvgIpc) is 1.62. The van der Waals surface area contributed by atoms with E-state index in [0.717, 1.165) is 0 Å². The van der Waals surface area contributed by atoms with Crippen LogP contribution < -0.4 is 39.3 Å². The average molecular weight is 329 g/mol. The maximum atomic E-state index is 3.31. The summed E-state index contributed by atoms with van der Waals surface area (Å²) < 4.78 is 0. The van der Waals surface area contributed by atoms with Gasteiger partial charge in [0.15, 0.2) is 0 Å². The van der Waals surface area contributed by atoms with E-state index in [1.165, 1.54) is 6.42 Å². The van der Waals surface area contributed by atoms with Gasteiger partial charge in [0.2, 0.25) is 0 Å². The quantitative estimate of drug-likeness (QED) is 0.517. The molecule has 0 aromatic carbocycles. The number of hydrogen-bond acceptors (Lipinski definition) is 1. The van der Waals surface area contributed by atoms with Gasteiger partial charge < -0.3 is 39.3 Å². The predicted molar refractivity (Wildman–Crippen MR) is 55.1 cm³/mol. The summed E-state index contributed by atoms with van der Waals surface area (Å²) >= 11 is 0. The third kappa shape index (κ3) is 57.8. The van der Waals surface area contributed by atoms with E-state index in [0.29, 0.717) is 12.1 Å². The minimum atomic E-state index is 0. The molecule has 0 aromatic heterocycles. The first-order chi connectivity index (χ1) is 4.54. The molecule has 0 spiro atoms. The van der Waals surface area contributed by atoms with E-state index in [1.807, 2.05) is 0 Å². The summed E-state index contributed by atoms with van der Waals surface area (Å²) in [5.74, 6) is 0. The smallest absolute Gasteiger partial charge is 1.00 e. The van der Waals surface area contributed by atoms with Crippen LogP contribution in [0.4, 0.5) is 0 Å². The molecule has 0 aliphatic heterocycles. The molecule has 13 heavy (non-hydrogen) atoms. The zero-order valence-electron chi connectivity index (χ0n) is 9.82. The van der Waals surface area contributed by atoms with Gasteiger partial charge in [0.05, 0.1) is 0 Å². The van der Waals surface area contributed by atoms with Crippen LogP contribution >= 0.6 is 0 Å². The Kier molecular flexibility index (Phi) is 52.9. The van der Waals surface area contributed by atoms with Crippen molar-refractivity contribution >= 4 is 23.1 Å². The van der Waals surface area contributed by atoms with Crippen LogP contribution in [0.15, 0.2) is 0 Å². The Bertz CT molecular complexity index is 55.6. The van der Waals surface area contributed by atoms with Gasteiger partial charge in [-0.2, -0.15) is 0 Å². The molecule has 0 unspecified atom stereocenters. The van der Waals surface area contributed by atoms with E-state index in [4.69, 9.17) is 0 Å². The minimum Gasteiger partial charge on any atom is -1.00 e. The summed E-state index contributed by atoms with van der Waals surface area (Å²) in [5, 5.41) is 3.31. The Morgan fingerprint density at radius 3 is 1.00 bits per heavy atom. The molecule has 0 radical (unpaired) electrons. The second kappa shape index (κ2) is 23.5. The summed E-state index contributed by atoms with van der Waals surface area (Å²) in [6.45, 7) is 12.9. The molecule has 1 nitrogen and oxygen atoms in total. The van der Waals surface area contributed by atoms with Crippen LogP contribution in [0.25, 0.3) is 0 Å². The van der Waals surface area contributed by atoms with Gasteiger partial charge in [-0.25, -0.2) is 0 Å². The van der Waals surface area contributed by atoms with Crippen LogP contribution in [0.5, 0.6) is 0 Å². The van der Waals surface area contributed by atoms with E-state index in [-0.39, 0.29) is 57.0 Å². The van der Waals surface area contributed by atoms with Gasteiger partial charge in [-0.1, -0.05) is 48.0 Å². The van der Waals surface area contributed by atoms with Crippen LogP contribution in [0.2, 0.25) is 0 Å². The van der Waals surface area contributed by atoms with Gasteiger partial charge >= 0.3 is 23.1 Å². The zero-order chi connectivity index (χ0) is 8.57. The predicted octanol–water partition coefficient (Wildman–Crippen LogP) is -3.56. The summed E-state index contributed by atoms with van der Waals surface area (Å²) in [6.07, 6.45) is 1.25. The van der Waals surface area contributed by atoms with Crippen molar-refractivity contribution in [2.24, 2.45) is 0 Å². The standard InChI is InChI=1S/C6H15N.C3H8.2BrH.Mg/c1-5(2)7-6(3)4;1-3-2;;;/h5-7H,1-4H3;3H2,1-2H3;2*1H;/q;;;;+2/p-2. The van der Waals surface area contributed by atoms with E-state index >= 15 is 0 Å². The molecule has 0 amide bonds. The number of halogens is 2. The molecule has 0 aliphatic carbocycles. The van der Waals surface area contributed by atoms with E-state index < -0.39 is 0 Å². The maximum absolute atomic E-state index is 3.31. The Balaban J connectivity index is -0.0000000320. The molecule has 1 N–H and O–H groups in total. The van der Waals surface area contributed by atoms with Crippen molar-refractivity contribution in [3.63, 3.8) is 0 Å². The summed E-state index contributed by atoms with van der Waals surface area (Å²) in [6, 6.07) is 1.25. The Morgan fingerprint density at radius 2 is 1.00 bits per heavy atom. The molecule has 0 saturated carbocycles. The first-order valence-corrected chi connectivity index (χ1v) is 4.30. The largest absolute Gasteiger partial charge is 2.00 e. The SMILES string of the molecule is CC(C)NC(C)C.CCC.[Br-].[Br-].[Mg+2]. The summed E-state index contributed by atoms with van der Waals surface area (Å²) in [4.78, 5) is 0. The molecular formula is C9H23Br2MgN. The number of nitrogens with one attached hydrogen (secondary N) is 1. The van der Waals surface area contributed by atoms with Crippen molar-refractivity contribution in [1.82, 2.24) is 5.32 Å². The third-order valence-corrected chi connectivity index (χ3v) is 0.667. The normalized spacial score (nSPS) is 7.38. The van der Waals surface area contributed by atoms with Crippen molar-refractivity contribution in [2.75, 3.05) is 0 Å². The van der Waals surface area contributed by atoms with Gasteiger partial charge in [-0.05, 0) is 0 Å². The molecule has 0 rings (SSSR count). The van der Waals surface area contributed by atoms with Crippen LogP contribution in [-0.2, 0) is 0 Å². The van der Waals surface area contributed by atoms with Gasteiger partial charge in [0.25, 0.3) is 0 Å². The fourth-order valence-corrected chi connectivity index (χ4v) is 0.667. The Labute approximate surface area is 122 Å². The molecule has 0 saturated heterocycles. The number of hydrogen-bond donors (Lipinski definition) is 1. The fraction of sp³-hybridized carbons (Fsp3) is 1.00. The Morgan fingerprint density at radius 1 is 0.846 bits per heavy atom. The molecule has 0 atom stereocenters. The van der Waals surface area contributed by atoms with Crippen molar-refractivity contribution in [3.05, 3.63) is 0 Å². The first-order valence-electron chi connectivity index (χ1n) is 4.30. The van der Waals surface area contributed by atoms with Crippen LogP contribution in [-0.4, -0.2) is 35.1 Å². The molecule has 4 heteroatoms. The van der Waals surface area contributed by atoms with Gasteiger partial charge in [-0.3, -0.25) is 0 Å². The second-order valence-electron chi connectivity index (χ2n) is 3.18. The van der Waals surface area contributed by atoms with Crippen molar-refractivity contribution in [2.45, 2.75) is 60.0 Å². The maximum Gasteiger partial charge on any atom is 2.00 e. The van der Waals surface area contributed by atoms with Crippen molar-refractivity contribution in [3.8, 4) is 0 Å². The van der Waals surface area contributed by atoms with Crippen LogP contribution in [0.3, 0.4) is 0 Å². The molecule has 0 aromatic rings. The molecule has 80 valence electrons. The summed E-state index contributed by atoms with van der Waals surface area (Å²) in [5.41, 5.74) is 0. The van der Waals surface area contributed by atoms with Crippen molar-refractivity contribution in [1.29, 1.82) is 0 Å². The van der Waals surface area contributed by atoms with Crippen molar-refractivity contribution < 1.29 is 34.0 Å². The van der Waals surface area contributed by atoms with Crippen LogP contribution in [0.1, 0.15) is 48.0 Å². The van der Waals surface area contributed by atoms with Gasteiger partial charge in [0, 0.05) is 12.1 Å².